The van der Waals surface area contributed by atoms with Crippen LogP contribution >= 0.6 is 15.9 Å². The third kappa shape index (κ3) is 2.67. The average molecular weight is 319 g/mol. The molecule has 5 heteroatoms. The molecular formula is C13H17BrF2N2. The van der Waals surface area contributed by atoms with Crippen molar-refractivity contribution in [3.63, 3.8) is 0 Å². The number of benzene rings is 1. The molecule has 1 N–H and O–H groups in total. The van der Waals surface area contributed by atoms with E-state index >= 15 is 0 Å². The molecule has 1 aliphatic rings. The Hall–Kier alpha value is -0.680. The lowest BCUT2D eigenvalue weighted by atomic mass is 9.93. The Kier molecular flexibility index (Phi) is 4.22. The summed E-state index contributed by atoms with van der Waals surface area (Å²) in [6.07, 6.45) is 0.964. The fraction of sp³-hybridized carbons (Fsp3) is 0.538. The molecule has 0 bridgehead atoms. The Labute approximate surface area is 114 Å². The van der Waals surface area contributed by atoms with Crippen molar-refractivity contribution in [3.8, 4) is 0 Å². The van der Waals surface area contributed by atoms with Gasteiger partial charge in [0.1, 0.15) is 11.6 Å². The van der Waals surface area contributed by atoms with E-state index in [0.717, 1.165) is 25.6 Å². The molecular weight excluding hydrogens is 302 g/mol. The van der Waals surface area contributed by atoms with Crippen molar-refractivity contribution in [3.05, 3.63) is 28.2 Å². The second-order valence-electron chi connectivity index (χ2n) is 4.82. The second-order valence-corrected chi connectivity index (χ2v) is 5.68. The molecule has 2 atom stereocenters. The molecule has 1 saturated heterocycles. The van der Waals surface area contributed by atoms with Crippen molar-refractivity contribution in [1.82, 2.24) is 5.32 Å². The van der Waals surface area contributed by atoms with Crippen molar-refractivity contribution < 1.29 is 8.78 Å². The van der Waals surface area contributed by atoms with E-state index in [0.29, 0.717) is 22.1 Å². The van der Waals surface area contributed by atoms with Gasteiger partial charge in [-0.1, -0.05) is 6.92 Å². The minimum atomic E-state index is -0.561. The van der Waals surface area contributed by atoms with Gasteiger partial charge in [0.05, 0.1) is 10.2 Å². The molecule has 0 saturated carbocycles. The van der Waals surface area contributed by atoms with E-state index in [2.05, 4.69) is 28.2 Å². The Balaban J connectivity index is 2.20. The van der Waals surface area contributed by atoms with Crippen LogP contribution < -0.4 is 10.2 Å². The molecule has 2 rings (SSSR count). The number of piperidine rings is 1. The Morgan fingerprint density at radius 3 is 2.67 bits per heavy atom. The van der Waals surface area contributed by atoms with Crippen LogP contribution in [0.15, 0.2) is 16.6 Å². The van der Waals surface area contributed by atoms with Crippen LogP contribution in [0.4, 0.5) is 14.5 Å². The van der Waals surface area contributed by atoms with Crippen LogP contribution in [0.5, 0.6) is 0 Å². The monoisotopic (exact) mass is 318 g/mol. The summed E-state index contributed by atoms with van der Waals surface area (Å²) in [5, 5.41) is 3.27. The highest BCUT2D eigenvalue weighted by Gasteiger charge is 2.26. The second kappa shape index (κ2) is 5.53. The van der Waals surface area contributed by atoms with Gasteiger partial charge in [0.15, 0.2) is 0 Å². The number of nitrogens with zero attached hydrogens (tertiary/aromatic N) is 1. The number of rotatable bonds is 2. The fourth-order valence-electron chi connectivity index (χ4n) is 2.55. The third-order valence-corrected chi connectivity index (χ3v) is 4.21. The Bertz CT molecular complexity index is 439. The lowest BCUT2D eigenvalue weighted by Gasteiger charge is -2.38. The molecule has 1 aliphatic heterocycles. The van der Waals surface area contributed by atoms with E-state index in [1.807, 2.05) is 11.9 Å². The first-order valence-corrected chi connectivity index (χ1v) is 6.89. The van der Waals surface area contributed by atoms with E-state index in [9.17, 15) is 8.78 Å². The zero-order chi connectivity index (χ0) is 13.3. The van der Waals surface area contributed by atoms with Crippen LogP contribution in [0.1, 0.15) is 13.3 Å². The maximum absolute atomic E-state index is 13.8. The van der Waals surface area contributed by atoms with Gasteiger partial charge in [-0.05, 0) is 41.4 Å². The standard InChI is InChI=1S/C13H17BrF2N2/c1-8-7-18(4-3-12(8)17-2)13-5-9(14)10(15)6-11(13)16/h5-6,8,12,17H,3-4,7H2,1-2H3. The van der Waals surface area contributed by atoms with Crippen LogP contribution in [-0.2, 0) is 0 Å². The van der Waals surface area contributed by atoms with Gasteiger partial charge in [-0.15, -0.1) is 0 Å². The van der Waals surface area contributed by atoms with Crippen LogP contribution in [0, 0.1) is 17.6 Å². The van der Waals surface area contributed by atoms with Gasteiger partial charge in [-0.2, -0.15) is 0 Å². The molecule has 2 unspecified atom stereocenters. The zero-order valence-corrected chi connectivity index (χ0v) is 12.1. The lowest BCUT2D eigenvalue weighted by molar-refractivity contribution is 0.337. The first kappa shape index (κ1) is 13.7. The van der Waals surface area contributed by atoms with Crippen molar-refractivity contribution in [2.45, 2.75) is 19.4 Å². The number of hydrogen-bond donors (Lipinski definition) is 1. The summed E-state index contributed by atoms with van der Waals surface area (Å²) in [6.45, 7) is 3.70. The minimum Gasteiger partial charge on any atom is -0.369 e. The first-order valence-electron chi connectivity index (χ1n) is 6.09. The predicted octanol–water partition coefficient (Wildman–Crippen LogP) is 3.16. The molecule has 0 amide bonds. The molecule has 0 spiro atoms. The van der Waals surface area contributed by atoms with Gasteiger partial charge in [0, 0.05) is 25.2 Å². The van der Waals surface area contributed by atoms with E-state index < -0.39 is 11.6 Å². The van der Waals surface area contributed by atoms with Gasteiger partial charge in [0.2, 0.25) is 0 Å². The first-order chi connectivity index (χ1) is 8.52. The molecule has 2 nitrogen and oxygen atoms in total. The van der Waals surface area contributed by atoms with Gasteiger partial charge in [-0.25, -0.2) is 8.78 Å². The summed E-state index contributed by atoms with van der Waals surface area (Å²) in [6, 6.07) is 2.93. The van der Waals surface area contributed by atoms with Gasteiger partial charge in [0.25, 0.3) is 0 Å². The van der Waals surface area contributed by atoms with E-state index in [4.69, 9.17) is 0 Å². The smallest absolute Gasteiger partial charge is 0.149 e. The van der Waals surface area contributed by atoms with E-state index in [-0.39, 0.29) is 0 Å². The highest BCUT2D eigenvalue weighted by atomic mass is 79.9. The van der Waals surface area contributed by atoms with Crippen LogP contribution in [-0.4, -0.2) is 26.2 Å². The largest absolute Gasteiger partial charge is 0.369 e. The molecule has 1 fully saturated rings. The van der Waals surface area contributed by atoms with Gasteiger partial charge >= 0.3 is 0 Å². The molecule has 1 aromatic rings. The molecule has 100 valence electrons. The van der Waals surface area contributed by atoms with E-state index in [1.165, 1.54) is 6.07 Å². The normalized spacial score (nSPS) is 24.4. The van der Waals surface area contributed by atoms with Gasteiger partial charge in [-0.3, -0.25) is 0 Å². The minimum absolute atomic E-state index is 0.308. The van der Waals surface area contributed by atoms with Crippen LogP contribution in [0.25, 0.3) is 0 Å². The zero-order valence-electron chi connectivity index (χ0n) is 10.5. The maximum atomic E-state index is 13.8. The summed E-state index contributed by atoms with van der Waals surface area (Å²) in [5.41, 5.74) is 0.477. The Morgan fingerprint density at radius 1 is 1.33 bits per heavy atom. The Morgan fingerprint density at radius 2 is 2.06 bits per heavy atom. The topological polar surface area (TPSA) is 15.3 Å². The summed E-state index contributed by atoms with van der Waals surface area (Å²) < 4.78 is 27.3. The molecule has 1 heterocycles. The number of anilines is 1. The summed E-state index contributed by atoms with van der Waals surface area (Å²) >= 11 is 3.11. The van der Waals surface area contributed by atoms with Crippen molar-refractivity contribution in [2.24, 2.45) is 5.92 Å². The molecule has 18 heavy (non-hydrogen) atoms. The highest BCUT2D eigenvalue weighted by molar-refractivity contribution is 9.10. The van der Waals surface area contributed by atoms with Crippen LogP contribution in [0.3, 0.4) is 0 Å². The third-order valence-electron chi connectivity index (χ3n) is 3.61. The number of halogens is 3. The maximum Gasteiger partial charge on any atom is 0.149 e. The number of nitrogens with one attached hydrogen (secondary N) is 1. The van der Waals surface area contributed by atoms with Crippen molar-refractivity contribution >= 4 is 21.6 Å². The van der Waals surface area contributed by atoms with Crippen molar-refractivity contribution in [2.75, 3.05) is 25.0 Å². The fourth-order valence-corrected chi connectivity index (χ4v) is 2.88. The summed E-state index contributed by atoms with van der Waals surface area (Å²) in [7, 11) is 1.95. The lowest BCUT2D eigenvalue weighted by Crippen LogP contribution is -2.47. The summed E-state index contributed by atoms with van der Waals surface area (Å²) in [5.74, 6) is -0.618. The quantitative estimate of drug-likeness (QED) is 0.843. The highest BCUT2D eigenvalue weighted by Crippen LogP contribution is 2.30. The SMILES string of the molecule is CNC1CCN(c2cc(Br)c(F)cc2F)CC1C. The summed E-state index contributed by atoms with van der Waals surface area (Å²) in [4.78, 5) is 1.98. The average Bonchev–Trinajstić information content (AvgIpc) is 2.33. The molecule has 1 aromatic carbocycles. The molecule has 0 aromatic heterocycles. The molecule has 0 aliphatic carbocycles. The predicted molar refractivity (Wildman–Crippen MR) is 72.9 cm³/mol. The number of hydrogen-bond acceptors (Lipinski definition) is 2. The van der Waals surface area contributed by atoms with Crippen LogP contribution in [0.2, 0.25) is 0 Å². The van der Waals surface area contributed by atoms with Gasteiger partial charge < -0.3 is 10.2 Å². The molecule has 0 radical (unpaired) electrons. The van der Waals surface area contributed by atoms with E-state index in [1.54, 1.807) is 0 Å². The van der Waals surface area contributed by atoms with Crippen molar-refractivity contribution in [1.29, 1.82) is 0 Å².